The number of nitrogens with zero attached hydrogens (tertiary/aromatic N) is 3. The van der Waals surface area contributed by atoms with Gasteiger partial charge in [0.15, 0.2) is 0 Å². The number of aromatic nitrogens is 1. The van der Waals surface area contributed by atoms with Crippen LogP contribution in [-0.4, -0.2) is 64.9 Å². The van der Waals surface area contributed by atoms with Crippen molar-refractivity contribution in [3.05, 3.63) is 30.1 Å². The third kappa shape index (κ3) is 7.41. The molecule has 2 aliphatic rings. The fourth-order valence-corrected chi connectivity index (χ4v) is 3.87. The lowest BCUT2D eigenvalue weighted by Crippen LogP contribution is -2.46. The summed E-state index contributed by atoms with van der Waals surface area (Å²) in [5.41, 5.74) is 6.99. The maximum Gasteiger partial charge on any atom is 0.227 e. The second-order valence-corrected chi connectivity index (χ2v) is 7.62. The summed E-state index contributed by atoms with van der Waals surface area (Å²) in [5.74, 6) is -0.00116. The van der Waals surface area contributed by atoms with Crippen LogP contribution in [0.3, 0.4) is 0 Å². The second kappa shape index (κ2) is 12.3. The Balaban J connectivity index is 0.00000210. The van der Waals surface area contributed by atoms with E-state index in [4.69, 9.17) is 10.5 Å². The van der Waals surface area contributed by atoms with Gasteiger partial charge in [-0.1, -0.05) is 6.07 Å². The largest absolute Gasteiger partial charge is 0.372 e. The molecule has 9 heteroatoms. The van der Waals surface area contributed by atoms with E-state index in [-0.39, 0.29) is 54.7 Å². The monoisotopic (exact) mass is 446 g/mol. The maximum atomic E-state index is 13.0. The molecule has 2 saturated heterocycles. The Morgan fingerprint density at radius 3 is 2.45 bits per heavy atom. The summed E-state index contributed by atoms with van der Waals surface area (Å²) in [7, 11) is 0. The third-order valence-electron chi connectivity index (χ3n) is 5.52. The predicted molar refractivity (Wildman–Crippen MR) is 116 cm³/mol. The Morgan fingerprint density at radius 2 is 1.83 bits per heavy atom. The molecule has 3 heterocycles. The number of nitrogens with two attached hydrogens (primary N) is 1. The first-order valence-electron chi connectivity index (χ1n) is 9.84. The minimum absolute atomic E-state index is 0. The molecule has 1 aromatic rings. The lowest BCUT2D eigenvalue weighted by molar-refractivity contribution is -0.140. The highest BCUT2D eigenvalue weighted by atomic mass is 35.5. The van der Waals surface area contributed by atoms with Crippen molar-refractivity contribution >= 4 is 36.6 Å². The van der Waals surface area contributed by atoms with Crippen LogP contribution in [0.5, 0.6) is 0 Å². The number of carbonyl (C=O) groups excluding carboxylic acids is 2. The molecule has 164 valence electrons. The molecule has 2 atom stereocenters. The van der Waals surface area contributed by atoms with Gasteiger partial charge in [0.25, 0.3) is 0 Å². The average Bonchev–Trinajstić information content (AvgIpc) is 2.89. The molecule has 3 rings (SSSR count). The number of pyridine rings is 1. The van der Waals surface area contributed by atoms with Crippen molar-refractivity contribution in [1.82, 2.24) is 14.8 Å². The van der Waals surface area contributed by atoms with E-state index >= 15 is 0 Å². The quantitative estimate of drug-likeness (QED) is 0.763. The fourth-order valence-electron chi connectivity index (χ4n) is 3.87. The van der Waals surface area contributed by atoms with Gasteiger partial charge >= 0.3 is 0 Å². The first-order valence-corrected chi connectivity index (χ1v) is 9.84. The highest BCUT2D eigenvalue weighted by molar-refractivity contribution is 5.85. The maximum absolute atomic E-state index is 13.0. The summed E-state index contributed by atoms with van der Waals surface area (Å²) < 4.78 is 5.96. The summed E-state index contributed by atoms with van der Waals surface area (Å²) in [5, 5.41) is 0. The molecule has 2 aliphatic heterocycles. The van der Waals surface area contributed by atoms with Gasteiger partial charge in [-0.3, -0.25) is 14.6 Å². The molecule has 1 aromatic heterocycles. The van der Waals surface area contributed by atoms with Crippen molar-refractivity contribution in [1.29, 1.82) is 0 Å². The van der Waals surface area contributed by atoms with Crippen molar-refractivity contribution in [2.75, 3.05) is 26.2 Å². The smallest absolute Gasteiger partial charge is 0.227 e. The first-order chi connectivity index (χ1) is 13.0. The summed E-state index contributed by atoms with van der Waals surface area (Å²) in [6.45, 7) is 4.49. The normalized spacial score (nSPS) is 22.8. The highest BCUT2D eigenvalue weighted by Gasteiger charge is 2.32. The van der Waals surface area contributed by atoms with Crippen LogP contribution < -0.4 is 5.73 Å². The predicted octanol–water partition coefficient (Wildman–Crippen LogP) is 2.02. The Kier molecular flexibility index (Phi) is 10.9. The Morgan fingerprint density at radius 1 is 1.10 bits per heavy atom. The van der Waals surface area contributed by atoms with E-state index < -0.39 is 0 Å². The van der Waals surface area contributed by atoms with E-state index in [1.54, 1.807) is 18.0 Å². The third-order valence-corrected chi connectivity index (χ3v) is 5.52. The van der Waals surface area contributed by atoms with Gasteiger partial charge in [0.05, 0.1) is 24.3 Å². The number of likely N-dealkylation sites (tertiary alicyclic amines) is 2. The Bertz CT molecular complexity index is 642. The van der Waals surface area contributed by atoms with Crippen LogP contribution in [0.2, 0.25) is 0 Å². The van der Waals surface area contributed by atoms with E-state index in [2.05, 4.69) is 4.98 Å². The van der Waals surface area contributed by atoms with Gasteiger partial charge in [-0.05, 0) is 37.8 Å². The topological polar surface area (TPSA) is 88.8 Å². The van der Waals surface area contributed by atoms with Gasteiger partial charge < -0.3 is 20.3 Å². The zero-order valence-corrected chi connectivity index (χ0v) is 18.5. The van der Waals surface area contributed by atoms with Gasteiger partial charge in [0.1, 0.15) is 0 Å². The molecule has 0 radical (unpaired) electrons. The molecular formula is C20H32Cl2N4O3. The zero-order valence-electron chi connectivity index (χ0n) is 16.9. The summed E-state index contributed by atoms with van der Waals surface area (Å²) in [6.07, 6.45) is 5.13. The number of piperidine rings is 1. The van der Waals surface area contributed by atoms with E-state index in [1.165, 1.54) is 0 Å². The number of carbonyl (C=O) groups is 2. The number of ether oxygens (including phenoxy) is 1. The average molecular weight is 447 g/mol. The SMILES string of the molecule is CC(=O)N1C[C@@H](N)CC[C@@H](C(=O)N2CCC(OCc3ccccn3)CC2)C1.Cl.Cl. The minimum atomic E-state index is -0.145. The first kappa shape index (κ1) is 25.6. The van der Waals surface area contributed by atoms with Gasteiger partial charge in [-0.2, -0.15) is 0 Å². The fraction of sp³-hybridized carbons (Fsp3) is 0.650. The van der Waals surface area contributed by atoms with E-state index in [0.717, 1.165) is 31.4 Å². The zero-order chi connectivity index (χ0) is 19.2. The van der Waals surface area contributed by atoms with Crippen LogP contribution in [0, 0.1) is 5.92 Å². The minimum Gasteiger partial charge on any atom is -0.372 e. The molecule has 0 aromatic carbocycles. The van der Waals surface area contributed by atoms with Crippen molar-refractivity contribution in [3.8, 4) is 0 Å². The number of hydrogen-bond donors (Lipinski definition) is 1. The lowest BCUT2D eigenvalue weighted by Gasteiger charge is -2.34. The van der Waals surface area contributed by atoms with Gasteiger partial charge in [-0.15, -0.1) is 24.8 Å². The second-order valence-electron chi connectivity index (χ2n) is 7.62. The van der Waals surface area contributed by atoms with Crippen molar-refractivity contribution in [2.24, 2.45) is 11.7 Å². The molecular weight excluding hydrogens is 415 g/mol. The molecule has 2 amide bonds. The molecule has 29 heavy (non-hydrogen) atoms. The van der Waals surface area contributed by atoms with Crippen LogP contribution in [0.1, 0.15) is 38.3 Å². The molecule has 2 N–H and O–H groups in total. The van der Waals surface area contributed by atoms with Crippen LogP contribution in [0.4, 0.5) is 0 Å². The Labute approximate surface area is 185 Å². The number of hydrogen-bond acceptors (Lipinski definition) is 5. The summed E-state index contributed by atoms with van der Waals surface area (Å²) in [6, 6.07) is 5.75. The van der Waals surface area contributed by atoms with Crippen molar-refractivity contribution < 1.29 is 14.3 Å². The van der Waals surface area contributed by atoms with E-state index in [1.807, 2.05) is 23.1 Å². The molecule has 0 spiro atoms. The van der Waals surface area contributed by atoms with Crippen molar-refractivity contribution in [3.63, 3.8) is 0 Å². The lowest BCUT2D eigenvalue weighted by atomic mass is 9.98. The molecule has 0 unspecified atom stereocenters. The van der Waals surface area contributed by atoms with Crippen LogP contribution >= 0.6 is 24.8 Å². The van der Waals surface area contributed by atoms with Crippen LogP contribution in [-0.2, 0) is 20.9 Å². The standard InChI is InChI=1S/C20H30N4O3.2ClH/c1-15(25)24-12-16(5-6-17(21)13-24)20(26)23-10-7-19(8-11-23)27-14-18-4-2-3-9-22-18;;/h2-4,9,16-17,19H,5-8,10-14,21H2,1H3;2*1H/t16-,17+;;/m1../s1. The number of amides is 2. The van der Waals surface area contributed by atoms with E-state index in [0.29, 0.717) is 32.8 Å². The van der Waals surface area contributed by atoms with Crippen LogP contribution in [0.25, 0.3) is 0 Å². The van der Waals surface area contributed by atoms with E-state index in [9.17, 15) is 9.59 Å². The Hall–Kier alpha value is -1.41. The summed E-state index contributed by atoms with van der Waals surface area (Å²) >= 11 is 0. The van der Waals surface area contributed by atoms with Gasteiger partial charge in [-0.25, -0.2) is 0 Å². The number of halogens is 2. The summed E-state index contributed by atoms with van der Waals surface area (Å²) in [4.78, 5) is 32.7. The van der Waals surface area contributed by atoms with Gasteiger partial charge in [0, 0.05) is 45.3 Å². The molecule has 0 aliphatic carbocycles. The number of rotatable bonds is 4. The molecule has 0 bridgehead atoms. The van der Waals surface area contributed by atoms with Gasteiger partial charge in [0.2, 0.25) is 11.8 Å². The van der Waals surface area contributed by atoms with Crippen molar-refractivity contribution in [2.45, 2.75) is 51.4 Å². The molecule has 0 saturated carbocycles. The molecule has 2 fully saturated rings. The molecule has 7 nitrogen and oxygen atoms in total. The van der Waals surface area contributed by atoms with Crippen LogP contribution in [0.15, 0.2) is 24.4 Å². The highest BCUT2D eigenvalue weighted by Crippen LogP contribution is 2.22.